The van der Waals surface area contributed by atoms with Crippen LogP contribution in [0.1, 0.15) is 31.1 Å². The molecule has 0 radical (unpaired) electrons. The minimum atomic E-state index is -0.693. The molecule has 0 saturated carbocycles. The number of rotatable bonds is 3. The highest BCUT2D eigenvalue weighted by molar-refractivity contribution is 6.36. The van der Waals surface area contributed by atoms with Crippen LogP contribution in [0.4, 0.5) is 5.69 Å². The van der Waals surface area contributed by atoms with E-state index in [1.807, 2.05) is 12.1 Å². The molecule has 0 fully saturated rings. The van der Waals surface area contributed by atoms with Crippen LogP contribution in [0.25, 0.3) is 10.8 Å². The quantitative estimate of drug-likeness (QED) is 0.410. The van der Waals surface area contributed by atoms with Crippen molar-refractivity contribution in [2.45, 2.75) is 0 Å². The Balaban J connectivity index is 1.88. The molecule has 5 nitrogen and oxygen atoms in total. The van der Waals surface area contributed by atoms with Crippen LogP contribution >= 0.6 is 0 Å². The van der Waals surface area contributed by atoms with E-state index in [0.29, 0.717) is 16.5 Å². The van der Waals surface area contributed by atoms with Crippen molar-refractivity contribution in [3.05, 3.63) is 77.4 Å². The Labute approximate surface area is 155 Å². The van der Waals surface area contributed by atoms with Crippen molar-refractivity contribution in [1.82, 2.24) is 0 Å². The fraction of sp³-hybridized carbons (Fsp3) is 0.0455. The number of imide groups is 1. The topological polar surface area (TPSA) is 63.7 Å². The van der Waals surface area contributed by atoms with Gasteiger partial charge >= 0.3 is 5.97 Å². The smallest absolute Gasteiger partial charge is 0.341 e. The Hall–Kier alpha value is -3.91. The van der Waals surface area contributed by atoms with Crippen molar-refractivity contribution in [2.75, 3.05) is 11.5 Å². The first-order chi connectivity index (χ1) is 13.1. The highest BCUT2D eigenvalue weighted by Gasteiger charge is 2.35. The number of ether oxygens (including phenoxy) is 1. The predicted molar refractivity (Wildman–Crippen MR) is 101 cm³/mol. The van der Waals surface area contributed by atoms with Gasteiger partial charge in [-0.25, -0.2) is 9.69 Å². The van der Waals surface area contributed by atoms with Gasteiger partial charge in [-0.1, -0.05) is 42.3 Å². The Morgan fingerprint density at radius 2 is 1.56 bits per heavy atom. The SMILES string of the molecule is C#CCOC(=O)c1ccccc1N1C(=O)c2cccc3cccc(c23)C1=O. The van der Waals surface area contributed by atoms with Gasteiger partial charge in [-0.15, -0.1) is 6.42 Å². The summed E-state index contributed by atoms with van der Waals surface area (Å²) in [6.45, 7) is -0.197. The van der Waals surface area contributed by atoms with Crippen LogP contribution in [-0.2, 0) is 4.74 Å². The Bertz CT molecular complexity index is 1110. The summed E-state index contributed by atoms with van der Waals surface area (Å²) in [5.74, 6) is 0.558. The summed E-state index contributed by atoms with van der Waals surface area (Å²) in [5.41, 5.74) is 1.09. The molecule has 0 atom stereocenters. The molecule has 2 amide bonds. The molecule has 1 heterocycles. The van der Waals surface area contributed by atoms with E-state index in [0.717, 1.165) is 10.3 Å². The molecule has 0 unspecified atom stereocenters. The molecule has 5 heteroatoms. The van der Waals surface area contributed by atoms with Gasteiger partial charge in [0.1, 0.15) is 0 Å². The number of hydrogen-bond donors (Lipinski definition) is 0. The number of amides is 2. The van der Waals surface area contributed by atoms with Crippen LogP contribution in [0.5, 0.6) is 0 Å². The molecule has 130 valence electrons. The van der Waals surface area contributed by atoms with Crippen molar-refractivity contribution in [1.29, 1.82) is 0 Å². The molecular weight excluding hydrogens is 342 g/mol. The molecule has 0 aromatic heterocycles. The number of carbonyl (C=O) groups is 3. The van der Waals surface area contributed by atoms with E-state index in [-0.39, 0.29) is 17.9 Å². The summed E-state index contributed by atoms with van der Waals surface area (Å²) in [6.07, 6.45) is 5.13. The van der Waals surface area contributed by atoms with Gasteiger partial charge < -0.3 is 4.74 Å². The third-order valence-electron chi connectivity index (χ3n) is 4.42. The van der Waals surface area contributed by atoms with Crippen molar-refractivity contribution < 1.29 is 19.1 Å². The predicted octanol–water partition coefficient (Wildman–Crippen LogP) is 3.43. The van der Waals surface area contributed by atoms with Crippen molar-refractivity contribution in [2.24, 2.45) is 0 Å². The fourth-order valence-corrected chi connectivity index (χ4v) is 3.28. The van der Waals surface area contributed by atoms with Crippen molar-refractivity contribution >= 4 is 34.2 Å². The van der Waals surface area contributed by atoms with Gasteiger partial charge in [0, 0.05) is 16.5 Å². The summed E-state index contributed by atoms with van der Waals surface area (Å²) in [5, 5.41) is 1.44. The number of carbonyl (C=O) groups excluding carboxylic acids is 3. The second-order valence-corrected chi connectivity index (χ2v) is 5.95. The summed E-state index contributed by atoms with van der Waals surface area (Å²) in [7, 11) is 0. The van der Waals surface area contributed by atoms with Crippen LogP contribution in [0.3, 0.4) is 0 Å². The highest BCUT2D eigenvalue weighted by Crippen LogP contribution is 2.34. The molecule has 0 spiro atoms. The molecule has 3 aromatic carbocycles. The van der Waals surface area contributed by atoms with Gasteiger partial charge in [0.2, 0.25) is 0 Å². The van der Waals surface area contributed by atoms with Gasteiger partial charge in [0.25, 0.3) is 11.8 Å². The first kappa shape index (κ1) is 16.6. The van der Waals surface area contributed by atoms with Crippen LogP contribution in [0.2, 0.25) is 0 Å². The number of benzene rings is 3. The molecule has 0 aliphatic carbocycles. The van der Waals surface area contributed by atoms with Crippen molar-refractivity contribution in [3.63, 3.8) is 0 Å². The Kier molecular flexibility index (Phi) is 3.94. The zero-order valence-corrected chi connectivity index (χ0v) is 14.1. The third-order valence-corrected chi connectivity index (χ3v) is 4.42. The first-order valence-electron chi connectivity index (χ1n) is 8.23. The maximum absolute atomic E-state index is 13.1. The first-order valence-corrected chi connectivity index (χ1v) is 8.23. The normalized spacial score (nSPS) is 12.8. The summed E-state index contributed by atoms with van der Waals surface area (Å²) in [6, 6.07) is 16.9. The lowest BCUT2D eigenvalue weighted by Crippen LogP contribution is -2.41. The fourth-order valence-electron chi connectivity index (χ4n) is 3.28. The molecule has 1 aliphatic heterocycles. The summed E-state index contributed by atoms with van der Waals surface area (Å²) < 4.78 is 4.98. The lowest BCUT2D eigenvalue weighted by atomic mass is 9.93. The Morgan fingerprint density at radius 3 is 2.19 bits per heavy atom. The standard InChI is InChI=1S/C22H13NO4/c1-2-13-27-22(26)15-9-3-4-12-18(15)23-20(24)16-10-5-7-14-8-6-11-17(19(14)16)21(23)25/h1,3-12H,13H2. The number of nitrogens with zero attached hydrogens (tertiary/aromatic N) is 1. The van der Waals surface area contributed by atoms with E-state index in [1.54, 1.807) is 36.4 Å². The zero-order chi connectivity index (χ0) is 19.0. The van der Waals surface area contributed by atoms with Gasteiger partial charge in [0.05, 0.1) is 11.3 Å². The number of esters is 1. The largest absolute Gasteiger partial charge is 0.449 e. The van der Waals surface area contributed by atoms with Crippen LogP contribution in [-0.4, -0.2) is 24.4 Å². The average molecular weight is 355 g/mol. The van der Waals surface area contributed by atoms with Gasteiger partial charge in [-0.3, -0.25) is 9.59 Å². The van der Waals surface area contributed by atoms with E-state index >= 15 is 0 Å². The number of anilines is 1. The van der Waals surface area contributed by atoms with E-state index in [1.165, 1.54) is 12.1 Å². The second-order valence-electron chi connectivity index (χ2n) is 5.95. The number of para-hydroxylation sites is 1. The molecule has 0 N–H and O–H groups in total. The highest BCUT2D eigenvalue weighted by atomic mass is 16.5. The molecule has 4 rings (SSSR count). The van der Waals surface area contributed by atoms with E-state index in [9.17, 15) is 14.4 Å². The molecular formula is C22H13NO4. The molecule has 27 heavy (non-hydrogen) atoms. The lowest BCUT2D eigenvalue weighted by molar-refractivity contribution is 0.0558. The monoisotopic (exact) mass is 355 g/mol. The zero-order valence-electron chi connectivity index (χ0n) is 14.1. The van der Waals surface area contributed by atoms with E-state index in [2.05, 4.69) is 5.92 Å². The van der Waals surface area contributed by atoms with E-state index < -0.39 is 17.8 Å². The number of terminal acetylenes is 1. The molecule has 0 saturated heterocycles. The third kappa shape index (κ3) is 2.55. The minimum absolute atomic E-state index is 0.0982. The summed E-state index contributed by atoms with van der Waals surface area (Å²) in [4.78, 5) is 39.6. The molecule has 0 bridgehead atoms. The second kappa shape index (κ2) is 6.43. The Morgan fingerprint density at radius 1 is 0.926 bits per heavy atom. The van der Waals surface area contributed by atoms with Gasteiger partial charge in [-0.2, -0.15) is 0 Å². The van der Waals surface area contributed by atoms with Gasteiger partial charge in [-0.05, 0) is 29.7 Å². The van der Waals surface area contributed by atoms with Crippen molar-refractivity contribution in [3.8, 4) is 12.3 Å². The van der Waals surface area contributed by atoms with Crippen LogP contribution in [0, 0.1) is 12.3 Å². The molecule has 1 aliphatic rings. The minimum Gasteiger partial charge on any atom is -0.449 e. The maximum Gasteiger partial charge on any atom is 0.341 e. The number of hydrogen-bond acceptors (Lipinski definition) is 4. The lowest BCUT2D eigenvalue weighted by Gasteiger charge is -2.28. The van der Waals surface area contributed by atoms with Crippen LogP contribution in [0.15, 0.2) is 60.7 Å². The summed E-state index contributed by atoms with van der Waals surface area (Å²) >= 11 is 0. The van der Waals surface area contributed by atoms with Gasteiger partial charge in [0.15, 0.2) is 6.61 Å². The molecule has 3 aromatic rings. The van der Waals surface area contributed by atoms with E-state index in [4.69, 9.17) is 11.2 Å². The maximum atomic E-state index is 13.1. The average Bonchev–Trinajstić information content (AvgIpc) is 2.70. The van der Waals surface area contributed by atoms with Crippen LogP contribution < -0.4 is 4.90 Å².